The number of aromatic amines is 1. The van der Waals surface area contributed by atoms with Gasteiger partial charge in [0.05, 0.1) is 11.1 Å². The number of fused-ring (bicyclic) bond motifs is 1. The monoisotopic (exact) mass is 357 g/mol. The second-order valence-electron chi connectivity index (χ2n) is 5.38. The Kier molecular flexibility index (Phi) is 3.66. The van der Waals surface area contributed by atoms with E-state index in [0.717, 1.165) is 32.3 Å². The summed E-state index contributed by atoms with van der Waals surface area (Å²) in [5, 5.41) is 0.946. The van der Waals surface area contributed by atoms with Gasteiger partial charge in [-0.15, -0.1) is 0 Å². The van der Waals surface area contributed by atoms with Gasteiger partial charge in [0.25, 0.3) is 5.91 Å². The summed E-state index contributed by atoms with van der Waals surface area (Å²) in [6.07, 6.45) is 0. The number of primary amides is 1. The first-order chi connectivity index (χ1) is 10.5. The lowest BCUT2D eigenvalue weighted by Crippen LogP contribution is -2.11. The fourth-order valence-corrected chi connectivity index (χ4v) is 2.94. The minimum absolute atomic E-state index is 0.437. The third-order valence-corrected chi connectivity index (χ3v) is 4.37. The van der Waals surface area contributed by atoms with E-state index in [0.29, 0.717) is 5.56 Å². The molecule has 112 valence electrons. The molecule has 0 aliphatic rings. The van der Waals surface area contributed by atoms with Crippen LogP contribution in [0.15, 0.2) is 46.9 Å². The molecule has 1 amide bonds. The van der Waals surface area contributed by atoms with E-state index in [-0.39, 0.29) is 0 Å². The number of anilines is 1. The summed E-state index contributed by atoms with van der Waals surface area (Å²) in [4.78, 5) is 17.0. The predicted octanol–water partition coefficient (Wildman–Crippen LogP) is 3.76. The van der Waals surface area contributed by atoms with Crippen molar-refractivity contribution in [2.75, 3.05) is 19.0 Å². The van der Waals surface area contributed by atoms with E-state index in [1.54, 1.807) is 6.07 Å². The molecule has 3 rings (SSSR count). The molecule has 1 heterocycles. The average molecular weight is 358 g/mol. The van der Waals surface area contributed by atoms with Crippen molar-refractivity contribution in [1.29, 1.82) is 0 Å². The smallest absolute Gasteiger partial charge is 0.250 e. The highest BCUT2D eigenvalue weighted by Crippen LogP contribution is 2.32. The van der Waals surface area contributed by atoms with Crippen LogP contribution in [0.3, 0.4) is 0 Å². The summed E-state index contributed by atoms with van der Waals surface area (Å²) in [6, 6.07) is 13.8. The first-order valence-electron chi connectivity index (χ1n) is 6.86. The number of H-pyrrole nitrogens is 1. The van der Waals surface area contributed by atoms with E-state index >= 15 is 0 Å². The molecule has 0 atom stereocenters. The molecule has 22 heavy (non-hydrogen) atoms. The Morgan fingerprint density at radius 1 is 1.18 bits per heavy atom. The summed E-state index contributed by atoms with van der Waals surface area (Å²) in [5.41, 5.74) is 9.84. The van der Waals surface area contributed by atoms with Crippen molar-refractivity contribution in [1.82, 2.24) is 4.98 Å². The van der Waals surface area contributed by atoms with E-state index in [4.69, 9.17) is 5.73 Å². The van der Waals surface area contributed by atoms with Gasteiger partial charge in [-0.2, -0.15) is 0 Å². The van der Waals surface area contributed by atoms with Crippen LogP contribution in [0.4, 0.5) is 5.69 Å². The van der Waals surface area contributed by atoms with Crippen molar-refractivity contribution in [3.8, 4) is 11.3 Å². The highest BCUT2D eigenvalue weighted by atomic mass is 79.9. The van der Waals surface area contributed by atoms with E-state index in [1.807, 2.05) is 38.4 Å². The maximum Gasteiger partial charge on any atom is 0.250 e. The van der Waals surface area contributed by atoms with Gasteiger partial charge >= 0.3 is 0 Å². The second-order valence-corrected chi connectivity index (χ2v) is 6.23. The lowest BCUT2D eigenvalue weighted by atomic mass is 10.1. The van der Waals surface area contributed by atoms with Gasteiger partial charge in [0.15, 0.2) is 0 Å². The largest absolute Gasteiger partial charge is 0.378 e. The van der Waals surface area contributed by atoms with E-state index in [2.05, 4.69) is 37.9 Å². The molecule has 0 unspecified atom stereocenters. The lowest BCUT2D eigenvalue weighted by molar-refractivity contribution is 0.100. The Morgan fingerprint density at radius 2 is 1.95 bits per heavy atom. The van der Waals surface area contributed by atoms with Gasteiger partial charge in [0.2, 0.25) is 0 Å². The summed E-state index contributed by atoms with van der Waals surface area (Å²) in [5.74, 6) is -0.437. The second kappa shape index (κ2) is 5.50. The van der Waals surface area contributed by atoms with Crippen LogP contribution in [0, 0.1) is 0 Å². The quantitative estimate of drug-likeness (QED) is 0.749. The van der Waals surface area contributed by atoms with Crippen molar-refractivity contribution in [3.63, 3.8) is 0 Å². The number of amides is 1. The van der Waals surface area contributed by atoms with Gasteiger partial charge in [-0.3, -0.25) is 4.79 Å². The van der Waals surface area contributed by atoms with Gasteiger partial charge < -0.3 is 15.6 Å². The Labute approximate surface area is 137 Å². The number of hydrogen-bond donors (Lipinski definition) is 2. The van der Waals surface area contributed by atoms with Crippen molar-refractivity contribution >= 4 is 38.4 Å². The number of carbonyl (C=O) groups is 1. The highest BCUT2D eigenvalue weighted by molar-refractivity contribution is 9.10. The molecule has 0 bridgehead atoms. The lowest BCUT2D eigenvalue weighted by Gasteiger charge is -2.13. The van der Waals surface area contributed by atoms with Gasteiger partial charge in [-0.25, -0.2) is 0 Å². The zero-order valence-corrected chi connectivity index (χ0v) is 13.9. The third-order valence-electron chi connectivity index (χ3n) is 3.68. The molecule has 3 aromatic rings. The van der Waals surface area contributed by atoms with Gasteiger partial charge in [0.1, 0.15) is 0 Å². The Morgan fingerprint density at radius 3 is 2.64 bits per heavy atom. The molecule has 0 radical (unpaired) electrons. The molecule has 1 aromatic heterocycles. The number of hydrogen-bond acceptors (Lipinski definition) is 2. The Hall–Kier alpha value is -2.27. The number of carbonyl (C=O) groups excluding carboxylic acids is 1. The zero-order chi connectivity index (χ0) is 15.9. The topological polar surface area (TPSA) is 62.1 Å². The first-order valence-corrected chi connectivity index (χ1v) is 7.65. The standard InChI is InChI=1S/C17H16BrN3O/c1-21(2)11-5-3-4-10(8-11)15-9-13-14(18)7-6-12(17(19)22)16(13)20-15/h3-9,20H,1-2H3,(H2,19,22). The SMILES string of the molecule is CN(C)c1cccc(-c2cc3c(Br)ccc(C(N)=O)c3[nH]2)c1. The van der Waals surface area contributed by atoms with Crippen molar-refractivity contribution in [3.05, 3.63) is 52.5 Å². The van der Waals surface area contributed by atoms with Crippen LogP contribution in [-0.2, 0) is 0 Å². The number of benzene rings is 2. The molecule has 4 nitrogen and oxygen atoms in total. The van der Waals surface area contributed by atoms with Crippen LogP contribution < -0.4 is 10.6 Å². The van der Waals surface area contributed by atoms with Gasteiger partial charge in [0, 0.05) is 40.9 Å². The number of rotatable bonds is 3. The average Bonchev–Trinajstić information content (AvgIpc) is 2.93. The molecule has 0 saturated carbocycles. The fraction of sp³-hybridized carbons (Fsp3) is 0.118. The molecule has 5 heteroatoms. The van der Waals surface area contributed by atoms with Gasteiger partial charge in [-0.05, 0) is 30.3 Å². The summed E-state index contributed by atoms with van der Waals surface area (Å²) < 4.78 is 0.929. The Bertz CT molecular complexity index is 867. The van der Waals surface area contributed by atoms with E-state index in [1.165, 1.54) is 0 Å². The molecule has 0 spiro atoms. The number of nitrogens with two attached hydrogens (primary N) is 1. The summed E-state index contributed by atoms with van der Waals surface area (Å²) >= 11 is 3.52. The summed E-state index contributed by atoms with van der Waals surface area (Å²) in [6.45, 7) is 0. The maximum atomic E-state index is 11.6. The molecule has 0 aliphatic heterocycles. The molecular weight excluding hydrogens is 342 g/mol. The van der Waals surface area contributed by atoms with Crippen molar-refractivity contribution in [2.24, 2.45) is 5.73 Å². The third kappa shape index (κ3) is 2.48. The molecule has 0 aliphatic carbocycles. The normalized spacial score (nSPS) is 10.9. The summed E-state index contributed by atoms with van der Waals surface area (Å²) in [7, 11) is 4.01. The molecule has 0 saturated heterocycles. The van der Waals surface area contributed by atoms with Crippen molar-refractivity contribution in [2.45, 2.75) is 0 Å². The van der Waals surface area contributed by atoms with Crippen LogP contribution in [0.5, 0.6) is 0 Å². The minimum atomic E-state index is -0.437. The van der Waals surface area contributed by atoms with Gasteiger partial charge in [-0.1, -0.05) is 28.1 Å². The number of nitrogens with one attached hydrogen (secondary N) is 1. The fourth-order valence-electron chi connectivity index (χ4n) is 2.50. The number of nitrogens with zero attached hydrogens (tertiary/aromatic N) is 1. The van der Waals surface area contributed by atoms with Crippen LogP contribution in [0.25, 0.3) is 22.2 Å². The van der Waals surface area contributed by atoms with Crippen LogP contribution in [0.2, 0.25) is 0 Å². The van der Waals surface area contributed by atoms with E-state index < -0.39 is 5.91 Å². The highest BCUT2D eigenvalue weighted by Gasteiger charge is 2.13. The van der Waals surface area contributed by atoms with Crippen LogP contribution in [-0.4, -0.2) is 25.0 Å². The zero-order valence-electron chi connectivity index (χ0n) is 12.4. The maximum absolute atomic E-state index is 11.6. The minimum Gasteiger partial charge on any atom is -0.378 e. The Balaban J connectivity index is 2.21. The van der Waals surface area contributed by atoms with Crippen molar-refractivity contribution < 1.29 is 4.79 Å². The number of halogens is 1. The molecule has 3 N–H and O–H groups in total. The molecule has 2 aromatic carbocycles. The number of aromatic nitrogens is 1. The van der Waals surface area contributed by atoms with Crippen LogP contribution in [0.1, 0.15) is 10.4 Å². The van der Waals surface area contributed by atoms with Crippen LogP contribution >= 0.6 is 15.9 Å². The first kappa shape index (κ1) is 14.7. The molecular formula is C17H16BrN3O. The predicted molar refractivity (Wildman–Crippen MR) is 94.3 cm³/mol. The molecule has 0 fully saturated rings. The van der Waals surface area contributed by atoms with E-state index in [9.17, 15) is 4.79 Å².